The Labute approximate surface area is 82.2 Å². The first-order valence-corrected chi connectivity index (χ1v) is 8.15. The van der Waals surface area contributed by atoms with Gasteiger partial charge in [-0.25, -0.2) is 4.57 Å². The Bertz CT molecular complexity index is 146. The Morgan fingerprint density at radius 3 is 2.58 bits per heavy atom. The molecule has 1 atom stereocenters. The average molecular weight is 230 g/mol. The van der Waals surface area contributed by atoms with E-state index in [0.29, 0.717) is 6.61 Å². The summed E-state index contributed by atoms with van der Waals surface area (Å²) in [6, 6.07) is 0. The normalized spacial score (nSPS) is 15.9. The van der Waals surface area contributed by atoms with Crippen molar-refractivity contribution in [3.05, 3.63) is 0 Å². The number of hydrogen-bond acceptors (Lipinski definition) is 5. The summed E-state index contributed by atoms with van der Waals surface area (Å²) in [6.07, 6.45) is 1.72. The van der Waals surface area contributed by atoms with Crippen LogP contribution in [0.15, 0.2) is 0 Å². The highest BCUT2D eigenvalue weighted by Gasteiger charge is 2.20. The number of rotatable bonds is 7. The Kier molecular flexibility index (Phi) is 7.79. The van der Waals surface area contributed by atoms with Gasteiger partial charge in [0.15, 0.2) is 0 Å². The van der Waals surface area contributed by atoms with Crippen LogP contribution in [0.1, 0.15) is 6.92 Å². The van der Waals surface area contributed by atoms with Crippen LogP contribution >= 0.6 is 29.9 Å². The van der Waals surface area contributed by atoms with Crippen LogP contribution in [0.4, 0.5) is 0 Å². The van der Waals surface area contributed by atoms with Crippen molar-refractivity contribution in [1.29, 1.82) is 0 Å². The molecule has 3 nitrogen and oxygen atoms in total. The second-order valence-corrected chi connectivity index (χ2v) is 7.56. The van der Waals surface area contributed by atoms with Crippen molar-refractivity contribution in [3.8, 4) is 0 Å². The van der Waals surface area contributed by atoms with Gasteiger partial charge in [0.25, 0.3) is 0 Å². The molecule has 0 aliphatic heterocycles. The highest BCUT2D eigenvalue weighted by molar-refractivity contribution is 8.54. The van der Waals surface area contributed by atoms with Crippen molar-refractivity contribution in [3.63, 3.8) is 0 Å². The van der Waals surface area contributed by atoms with Crippen LogP contribution in [-0.4, -0.2) is 31.5 Å². The van der Waals surface area contributed by atoms with Crippen LogP contribution in [0.5, 0.6) is 0 Å². The molecule has 74 valence electrons. The van der Waals surface area contributed by atoms with E-state index in [4.69, 9.17) is 9.05 Å². The van der Waals surface area contributed by atoms with Gasteiger partial charge in [0.05, 0.1) is 6.61 Å². The van der Waals surface area contributed by atoms with Crippen molar-refractivity contribution in [1.82, 2.24) is 0 Å². The highest BCUT2D eigenvalue weighted by Crippen LogP contribution is 2.58. The summed E-state index contributed by atoms with van der Waals surface area (Å²) >= 11 is 2.89. The zero-order valence-corrected chi connectivity index (χ0v) is 10.1. The summed E-state index contributed by atoms with van der Waals surface area (Å²) in [5.74, 6) is 1.92. The van der Waals surface area contributed by atoms with Gasteiger partial charge < -0.3 is 4.52 Å². The molecule has 0 aromatic carbocycles. The van der Waals surface area contributed by atoms with Gasteiger partial charge >= 0.3 is 6.80 Å². The lowest BCUT2D eigenvalue weighted by Crippen LogP contribution is -1.95. The van der Waals surface area contributed by atoms with E-state index < -0.39 is 6.80 Å². The SMILES string of the molecule is CCSCCOP(=O)(OC)SC. The molecule has 0 rings (SSSR count). The average Bonchev–Trinajstić information content (AvgIpc) is 2.12. The van der Waals surface area contributed by atoms with Crippen LogP contribution in [0, 0.1) is 0 Å². The van der Waals surface area contributed by atoms with Gasteiger partial charge in [-0.2, -0.15) is 11.8 Å². The van der Waals surface area contributed by atoms with Crippen molar-refractivity contribution in [2.45, 2.75) is 6.92 Å². The Balaban J connectivity index is 3.52. The van der Waals surface area contributed by atoms with E-state index >= 15 is 0 Å². The molecule has 0 saturated carbocycles. The Morgan fingerprint density at radius 2 is 2.17 bits per heavy atom. The molecule has 0 radical (unpaired) electrons. The first kappa shape index (κ1) is 12.8. The van der Waals surface area contributed by atoms with Crippen LogP contribution in [0.2, 0.25) is 0 Å². The fourth-order valence-corrected chi connectivity index (χ4v) is 2.81. The molecule has 1 unspecified atom stereocenters. The molecule has 0 aromatic rings. The summed E-state index contributed by atoms with van der Waals surface area (Å²) in [7, 11) is 1.41. The van der Waals surface area contributed by atoms with Gasteiger partial charge in [-0.1, -0.05) is 6.92 Å². The monoisotopic (exact) mass is 230 g/mol. The predicted octanol–water partition coefficient (Wildman–Crippen LogP) is 2.87. The van der Waals surface area contributed by atoms with E-state index in [1.165, 1.54) is 7.11 Å². The van der Waals surface area contributed by atoms with Gasteiger partial charge in [-0.3, -0.25) is 4.52 Å². The van der Waals surface area contributed by atoms with Gasteiger partial charge in [0.2, 0.25) is 0 Å². The Morgan fingerprint density at radius 1 is 1.50 bits per heavy atom. The van der Waals surface area contributed by atoms with Crippen LogP contribution in [-0.2, 0) is 13.6 Å². The molecule has 6 heteroatoms. The lowest BCUT2D eigenvalue weighted by atomic mass is 10.9. The quantitative estimate of drug-likeness (QED) is 0.496. The molecular formula is C6H15O3PS2. The topological polar surface area (TPSA) is 35.5 Å². The van der Waals surface area contributed by atoms with E-state index in [-0.39, 0.29) is 0 Å². The largest absolute Gasteiger partial charge is 0.388 e. The molecule has 0 aromatic heterocycles. The standard InChI is InChI=1S/C6H15O3PS2/c1-4-12-6-5-9-10(7,8-2)11-3/h4-6H2,1-3H3. The van der Waals surface area contributed by atoms with Gasteiger partial charge in [-0.15, -0.1) is 0 Å². The molecule has 0 amide bonds. The zero-order valence-electron chi connectivity index (χ0n) is 7.61. The summed E-state index contributed by atoms with van der Waals surface area (Å²) in [5, 5.41) is 0. The lowest BCUT2D eigenvalue weighted by Gasteiger charge is -2.12. The second kappa shape index (κ2) is 7.27. The molecule has 0 aliphatic carbocycles. The van der Waals surface area contributed by atoms with E-state index in [0.717, 1.165) is 22.9 Å². The first-order chi connectivity index (χ1) is 5.68. The summed E-state index contributed by atoms with van der Waals surface area (Å²) in [6.45, 7) is -0.249. The molecule has 0 fully saturated rings. The van der Waals surface area contributed by atoms with E-state index in [9.17, 15) is 4.57 Å². The van der Waals surface area contributed by atoms with E-state index in [1.807, 2.05) is 0 Å². The molecule has 0 spiro atoms. The Hall–Kier alpha value is 0.850. The minimum atomic E-state index is -2.82. The number of thioether (sulfide) groups is 1. The summed E-state index contributed by atoms with van der Waals surface area (Å²) < 4.78 is 21.3. The van der Waals surface area contributed by atoms with Crippen molar-refractivity contribution < 1.29 is 13.6 Å². The van der Waals surface area contributed by atoms with Gasteiger partial charge in [0.1, 0.15) is 0 Å². The third-order valence-corrected chi connectivity index (χ3v) is 5.49. The molecular weight excluding hydrogens is 215 g/mol. The predicted molar refractivity (Wildman–Crippen MR) is 57.1 cm³/mol. The first-order valence-electron chi connectivity index (χ1n) is 3.62. The zero-order chi connectivity index (χ0) is 9.45. The maximum atomic E-state index is 11.4. The minimum Gasteiger partial charge on any atom is -0.304 e. The van der Waals surface area contributed by atoms with Gasteiger partial charge in [-0.05, 0) is 23.4 Å². The second-order valence-electron chi connectivity index (χ2n) is 1.84. The van der Waals surface area contributed by atoms with Crippen molar-refractivity contribution in [2.75, 3.05) is 31.5 Å². The summed E-state index contributed by atoms with van der Waals surface area (Å²) in [5.41, 5.74) is 0. The number of hydrogen-bond donors (Lipinski definition) is 0. The lowest BCUT2D eigenvalue weighted by molar-refractivity contribution is 0.264. The molecule has 12 heavy (non-hydrogen) atoms. The highest BCUT2D eigenvalue weighted by atomic mass is 32.7. The smallest absolute Gasteiger partial charge is 0.304 e. The van der Waals surface area contributed by atoms with Crippen LogP contribution < -0.4 is 0 Å². The van der Waals surface area contributed by atoms with Crippen LogP contribution in [0.3, 0.4) is 0 Å². The molecule has 0 saturated heterocycles. The third kappa shape index (κ3) is 5.49. The van der Waals surface area contributed by atoms with Gasteiger partial charge in [0, 0.05) is 12.9 Å². The molecule has 0 N–H and O–H groups in total. The van der Waals surface area contributed by atoms with E-state index in [2.05, 4.69) is 6.92 Å². The maximum Gasteiger partial charge on any atom is 0.388 e. The van der Waals surface area contributed by atoms with E-state index in [1.54, 1.807) is 18.0 Å². The summed E-state index contributed by atoms with van der Waals surface area (Å²) in [4.78, 5) is 0. The maximum absolute atomic E-state index is 11.4. The minimum absolute atomic E-state index is 0.491. The molecule has 0 bridgehead atoms. The molecule has 0 heterocycles. The third-order valence-electron chi connectivity index (χ3n) is 1.13. The fourth-order valence-electron chi connectivity index (χ4n) is 0.532. The van der Waals surface area contributed by atoms with Crippen molar-refractivity contribution in [2.24, 2.45) is 0 Å². The van der Waals surface area contributed by atoms with Crippen LogP contribution in [0.25, 0.3) is 0 Å². The fraction of sp³-hybridized carbons (Fsp3) is 1.00. The van der Waals surface area contributed by atoms with Crippen molar-refractivity contribution >= 4 is 29.9 Å². The molecule has 0 aliphatic rings.